The molecule has 0 saturated carbocycles. The van der Waals surface area contributed by atoms with Crippen LogP contribution in [0.3, 0.4) is 0 Å². The van der Waals surface area contributed by atoms with E-state index in [1.807, 2.05) is 0 Å². The molecule has 108 valence electrons. The van der Waals surface area contributed by atoms with Crippen LogP contribution < -0.4 is 5.32 Å². The zero-order chi connectivity index (χ0) is 14.5. The Hall–Kier alpha value is -1.33. The van der Waals surface area contributed by atoms with Crippen molar-refractivity contribution in [2.24, 2.45) is 0 Å². The van der Waals surface area contributed by atoms with Crippen molar-refractivity contribution < 1.29 is 9.59 Å². The highest BCUT2D eigenvalue weighted by Crippen LogP contribution is 2.19. The van der Waals surface area contributed by atoms with Gasteiger partial charge in [0.1, 0.15) is 5.15 Å². The molecule has 7 heteroatoms. The minimum absolute atomic E-state index is 0.0148. The number of nitrogens with zero attached hydrogens (tertiary/aromatic N) is 2. The summed E-state index contributed by atoms with van der Waals surface area (Å²) in [7, 11) is 0. The second-order valence-corrected chi connectivity index (χ2v) is 5.39. The molecule has 0 unspecified atom stereocenters. The number of halogens is 2. The summed E-state index contributed by atoms with van der Waals surface area (Å²) >= 11 is 11.5. The third kappa shape index (κ3) is 3.84. The van der Waals surface area contributed by atoms with Crippen LogP contribution in [0, 0.1) is 0 Å². The highest BCUT2D eigenvalue weighted by Gasteiger charge is 2.17. The van der Waals surface area contributed by atoms with E-state index in [0.717, 1.165) is 32.4 Å². The smallest absolute Gasteiger partial charge is 0.253 e. The van der Waals surface area contributed by atoms with Crippen molar-refractivity contribution in [1.29, 1.82) is 0 Å². The number of aromatic nitrogens is 1. The molecule has 1 aliphatic rings. The van der Waals surface area contributed by atoms with E-state index in [4.69, 9.17) is 23.2 Å². The van der Waals surface area contributed by atoms with Gasteiger partial charge in [-0.3, -0.25) is 9.59 Å². The number of hydrogen-bond donors (Lipinski definition) is 1. The molecule has 2 amide bonds. The van der Waals surface area contributed by atoms with Gasteiger partial charge < -0.3 is 10.2 Å². The van der Waals surface area contributed by atoms with Crippen LogP contribution in [0.25, 0.3) is 0 Å². The molecule has 1 N–H and O–H groups in total. The van der Waals surface area contributed by atoms with Crippen LogP contribution >= 0.6 is 23.2 Å². The molecule has 0 aromatic carbocycles. The van der Waals surface area contributed by atoms with Crippen LogP contribution in [0.15, 0.2) is 12.3 Å². The fraction of sp³-hybridized carbons (Fsp3) is 0.462. The Kier molecular flexibility index (Phi) is 5.20. The van der Waals surface area contributed by atoms with Gasteiger partial charge in [0, 0.05) is 19.3 Å². The minimum atomic E-state index is -0.388. The summed E-state index contributed by atoms with van der Waals surface area (Å²) in [4.78, 5) is 29.3. The average Bonchev–Trinajstić information content (AvgIpc) is 2.48. The van der Waals surface area contributed by atoms with Crippen LogP contribution in [0.1, 0.15) is 29.6 Å². The quantitative estimate of drug-likeness (QED) is 0.869. The maximum absolute atomic E-state index is 11.9. The van der Waals surface area contributed by atoms with Gasteiger partial charge in [-0.05, 0) is 25.3 Å². The second kappa shape index (κ2) is 6.90. The number of nitrogens with one attached hydrogen (secondary N) is 1. The van der Waals surface area contributed by atoms with Gasteiger partial charge in [-0.15, -0.1) is 0 Å². The third-order valence-corrected chi connectivity index (χ3v) is 3.85. The summed E-state index contributed by atoms with van der Waals surface area (Å²) < 4.78 is 0. The van der Waals surface area contributed by atoms with Gasteiger partial charge in [0.2, 0.25) is 5.91 Å². The number of pyridine rings is 1. The fourth-order valence-corrected chi connectivity index (χ4v) is 2.33. The Bertz CT molecular complexity index is 516. The lowest BCUT2D eigenvalue weighted by molar-refractivity contribution is -0.130. The van der Waals surface area contributed by atoms with Crippen molar-refractivity contribution >= 4 is 35.0 Å². The SMILES string of the molecule is O=C(NCC(=O)N1CCCCC1)c1cnc(Cl)c(Cl)c1. The van der Waals surface area contributed by atoms with Gasteiger partial charge in [0.05, 0.1) is 17.1 Å². The maximum atomic E-state index is 11.9. The molecule has 2 heterocycles. The molecule has 0 atom stereocenters. The first-order valence-corrected chi connectivity index (χ1v) is 7.20. The first-order valence-electron chi connectivity index (χ1n) is 6.45. The van der Waals surface area contributed by atoms with Crippen molar-refractivity contribution in [2.45, 2.75) is 19.3 Å². The van der Waals surface area contributed by atoms with Crippen molar-refractivity contribution in [3.05, 3.63) is 28.0 Å². The van der Waals surface area contributed by atoms with Crippen LogP contribution in [0.2, 0.25) is 10.2 Å². The van der Waals surface area contributed by atoms with Gasteiger partial charge >= 0.3 is 0 Å². The first-order chi connectivity index (χ1) is 9.58. The van der Waals surface area contributed by atoms with Gasteiger partial charge in [0.15, 0.2) is 0 Å². The number of carbonyl (C=O) groups is 2. The average molecular weight is 316 g/mol. The number of amides is 2. The van der Waals surface area contributed by atoms with Gasteiger partial charge in [-0.25, -0.2) is 4.98 Å². The standard InChI is InChI=1S/C13H15Cl2N3O2/c14-10-6-9(7-16-12(10)15)13(20)17-8-11(19)18-4-2-1-3-5-18/h6-7H,1-5,8H2,(H,17,20). The molecule has 1 saturated heterocycles. The molecule has 1 aliphatic heterocycles. The fourth-order valence-electron chi connectivity index (χ4n) is 2.06. The Labute approximate surface area is 127 Å². The van der Waals surface area contributed by atoms with E-state index >= 15 is 0 Å². The van der Waals surface area contributed by atoms with Crippen molar-refractivity contribution in [1.82, 2.24) is 15.2 Å². The highest BCUT2D eigenvalue weighted by atomic mass is 35.5. The lowest BCUT2D eigenvalue weighted by Gasteiger charge is -2.26. The molecule has 1 aromatic heterocycles. The van der Waals surface area contributed by atoms with Crippen LogP contribution in [0.4, 0.5) is 0 Å². The summed E-state index contributed by atoms with van der Waals surface area (Å²) in [5.74, 6) is -0.451. The topological polar surface area (TPSA) is 62.3 Å². The molecule has 0 aliphatic carbocycles. The predicted molar refractivity (Wildman–Crippen MR) is 77.0 cm³/mol. The number of piperidine rings is 1. The minimum Gasteiger partial charge on any atom is -0.343 e. The normalized spacial score (nSPS) is 15.0. The van der Waals surface area contributed by atoms with E-state index in [9.17, 15) is 9.59 Å². The van der Waals surface area contributed by atoms with E-state index in [1.54, 1.807) is 4.90 Å². The molecule has 0 spiro atoms. The summed E-state index contributed by atoms with van der Waals surface area (Å²) in [6.45, 7) is 1.52. The van der Waals surface area contributed by atoms with Crippen LogP contribution in [0.5, 0.6) is 0 Å². The lowest BCUT2D eigenvalue weighted by Crippen LogP contribution is -2.42. The van der Waals surface area contributed by atoms with E-state index < -0.39 is 0 Å². The summed E-state index contributed by atoms with van der Waals surface area (Å²) in [6, 6.07) is 1.43. The molecule has 2 rings (SSSR count). The van der Waals surface area contributed by atoms with Gasteiger partial charge in [-0.2, -0.15) is 0 Å². The molecule has 0 radical (unpaired) electrons. The van der Waals surface area contributed by atoms with Crippen molar-refractivity contribution in [2.75, 3.05) is 19.6 Å². The molecule has 0 bridgehead atoms. The maximum Gasteiger partial charge on any atom is 0.253 e. The summed E-state index contributed by atoms with van der Waals surface area (Å²) in [5.41, 5.74) is 0.283. The van der Waals surface area contributed by atoms with Crippen LogP contribution in [-0.4, -0.2) is 41.3 Å². The van der Waals surface area contributed by atoms with E-state index in [-0.39, 0.29) is 34.1 Å². The monoisotopic (exact) mass is 315 g/mol. The lowest BCUT2D eigenvalue weighted by atomic mass is 10.1. The Balaban J connectivity index is 1.88. The molecular weight excluding hydrogens is 301 g/mol. The summed E-state index contributed by atoms with van der Waals surface area (Å²) in [6.07, 6.45) is 4.53. The Morgan fingerprint density at radius 2 is 1.95 bits per heavy atom. The number of hydrogen-bond acceptors (Lipinski definition) is 3. The van der Waals surface area contributed by atoms with Gasteiger partial charge in [-0.1, -0.05) is 23.2 Å². The zero-order valence-electron chi connectivity index (χ0n) is 10.9. The third-order valence-electron chi connectivity index (χ3n) is 3.17. The first kappa shape index (κ1) is 15.1. The van der Waals surface area contributed by atoms with E-state index in [0.29, 0.717) is 0 Å². The summed E-state index contributed by atoms with van der Waals surface area (Å²) in [5, 5.41) is 2.93. The molecule has 20 heavy (non-hydrogen) atoms. The molecule has 5 nitrogen and oxygen atoms in total. The molecule has 1 aromatic rings. The predicted octanol–water partition coefficient (Wildman–Crippen LogP) is 2.13. The Morgan fingerprint density at radius 3 is 2.60 bits per heavy atom. The largest absolute Gasteiger partial charge is 0.343 e. The highest BCUT2D eigenvalue weighted by molar-refractivity contribution is 6.41. The van der Waals surface area contributed by atoms with E-state index in [2.05, 4.69) is 10.3 Å². The van der Waals surface area contributed by atoms with Gasteiger partial charge in [0.25, 0.3) is 5.91 Å². The van der Waals surface area contributed by atoms with Crippen LogP contribution in [-0.2, 0) is 4.79 Å². The Morgan fingerprint density at radius 1 is 1.25 bits per heavy atom. The molecule has 1 fully saturated rings. The molecular formula is C13H15Cl2N3O2. The number of rotatable bonds is 3. The number of carbonyl (C=O) groups excluding carboxylic acids is 2. The van der Waals surface area contributed by atoms with Crippen molar-refractivity contribution in [3.8, 4) is 0 Å². The van der Waals surface area contributed by atoms with Crippen molar-refractivity contribution in [3.63, 3.8) is 0 Å². The zero-order valence-corrected chi connectivity index (χ0v) is 12.4. The van der Waals surface area contributed by atoms with E-state index in [1.165, 1.54) is 12.3 Å². The number of likely N-dealkylation sites (tertiary alicyclic amines) is 1. The second-order valence-electron chi connectivity index (χ2n) is 4.62.